The number of hydrazine groups is 1. The number of halogens is 1. The van der Waals surface area contributed by atoms with Gasteiger partial charge in [0.05, 0.1) is 11.5 Å². The standard InChI is InChI=1S/C11H16ClN3O2S.C11H16N2O2S/c12-14-13-11-5-3-10(4-6-11)9-18(16,17)15-7-1-2-8-15;12-11-5-3-10(4-6-11)9-16(14,15)13-7-1-2-8-13/h3-6,13-14H,1-2,7-9H2;3-6H,1-2,7-9,12H2. The maximum absolute atomic E-state index is 12.1. The molecule has 4 rings (SSSR count). The summed E-state index contributed by atoms with van der Waals surface area (Å²) >= 11 is 5.30. The molecule has 2 aliphatic rings. The first kappa shape index (κ1) is 26.7. The maximum Gasteiger partial charge on any atom is 0.218 e. The molecule has 9 nitrogen and oxygen atoms in total. The lowest BCUT2D eigenvalue weighted by molar-refractivity contribution is 0.475. The molecule has 34 heavy (non-hydrogen) atoms. The lowest BCUT2D eigenvalue weighted by Crippen LogP contribution is -2.29. The van der Waals surface area contributed by atoms with E-state index in [1.165, 1.54) is 0 Å². The van der Waals surface area contributed by atoms with Crippen LogP contribution in [0.4, 0.5) is 11.4 Å². The third-order valence-corrected chi connectivity index (χ3v) is 9.53. The molecule has 0 bridgehead atoms. The molecule has 4 N–H and O–H groups in total. The zero-order valence-electron chi connectivity index (χ0n) is 19.0. The van der Waals surface area contributed by atoms with Gasteiger partial charge in [-0.05, 0) is 72.9 Å². The molecule has 2 heterocycles. The van der Waals surface area contributed by atoms with Gasteiger partial charge in [-0.1, -0.05) is 24.3 Å². The van der Waals surface area contributed by atoms with Crippen molar-refractivity contribution in [1.82, 2.24) is 13.6 Å². The van der Waals surface area contributed by atoms with E-state index in [1.807, 2.05) is 0 Å². The molecule has 0 amide bonds. The second-order valence-electron chi connectivity index (χ2n) is 8.38. The van der Waals surface area contributed by atoms with Crippen molar-refractivity contribution >= 4 is 43.2 Å². The van der Waals surface area contributed by atoms with Crippen LogP contribution in [0.1, 0.15) is 36.8 Å². The van der Waals surface area contributed by atoms with Gasteiger partial charge in [0.2, 0.25) is 20.0 Å². The van der Waals surface area contributed by atoms with Crippen LogP contribution in [0, 0.1) is 0 Å². The first-order valence-corrected chi connectivity index (χ1v) is 14.8. The zero-order chi connectivity index (χ0) is 24.6. The minimum absolute atomic E-state index is 0.0571. The molecule has 0 aromatic heterocycles. The molecule has 2 aromatic rings. The lowest BCUT2D eigenvalue weighted by Gasteiger charge is -2.15. The summed E-state index contributed by atoms with van der Waals surface area (Å²) in [5.74, 6) is 0.134. The molecule has 188 valence electrons. The minimum atomic E-state index is -3.17. The molecule has 0 aliphatic carbocycles. The molecular formula is C22H32ClN5O4S2. The van der Waals surface area contributed by atoms with Crippen molar-refractivity contribution < 1.29 is 16.8 Å². The van der Waals surface area contributed by atoms with E-state index in [4.69, 9.17) is 17.5 Å². The second-order valence-corrected chi connectivity index (χ2v) is 12.5. The number of hydrogen-bond acceptors (Lipinski definition) is 7. The van der Waals surface area contributed by atoms with Crippen molar-refractivity contribution in [1.29, 1.82) is 0 Å². The smallest absolute Gasteiger partial charge is 0.218 e. The van der Waals surface area contributed by atoms with Crippen LogP contribution < -0.4 is 16.1 Å². The normalized spacial score (nSPS) is 17.3. The van der Waals surface area contributed by atoms with Crippen LogP contribution in [0.15, 0.2) is 48.5 Å². The van der Waals surface area contributed by atoms with Gasteiger partial charge in [-0.25, -0.2) is 25.4 Å². The van der Waals surface area contributed by atoms with Gasteiger partial charge in [-0.15, -0.1) is 4.94 Å². The SMILES string of the molecule is Nc1ccc(CS(=O)(=O)N2CCCC2)cc1.O=S(=O)(Cc1ccc(NNCl)cc1)N1CCCC1. The van der Waals surface area contributed by atoms with Crippen molar-refractivity contribution in [3.8, 4) is 0 Å². The van der Waals surface area contributed by atoms with Crippen molar-refractivity contribution in [2.24, 2.45) is 0 Å². The van der Waals surface area contributed by atoms with Crippen LogP contribution in [-0.4, -0.2) is 51.6 Å². The summed E-state index contributed by atoms with van der Waals surface area (Å²) in [5, 5.41) is 0. The van der Waals surface area contributed by atoms with E-state index < -0.39 is 20.0 Å². The van der Waals surface area contributed by atoms with Gasteiger partial charge < -0.3 is 11.2 Å². The Bertz CT molecular complexity index is 1110. The number of nitrogens with two attached hydrogens (primary N) is 1. The Morgan fingerprint density at radius 2 is 1.09 bits per heavy atom. The third-order valence-electron chi connectivity index (χ3n) is 5.74. The number of hydrogen-bond donors (Lipinski definition) is 3. The molecule has 0 saturated carbocycles. The Hall–Kier alpha value is -1.89. The fourth-order valence-electron chi connectivity index (χ4n) is 3.89. The number of rotatable bonds is 8. The van der Waals surface area contributed by atoms with E-state index in [-0.39, 0.29) is 11.5 Å². The van der Waals surface area contributed by atoms with Crippen molar-refractivity contribution in [3.05, 3.63) is 59.7 Å². The first-order valence-electron chi connectivity index (χ1n) is 11.2. The molecule has 12 heteroatoms. The Morgan fingerprint density at radius 3 is 1.47 bits per heavy atom. The summed E-state index contributed by atoms with van der Waals surface area (Å²) in [6, 6.07) is 14.1. The molecular weight excluding hydrogens is 498 g/mol. The monoisotopic (exact) mass is 529 g/mol. The van der Waals surface area contributed by atoms with Gasteiger partial charge in [0.25, 0.3) is 0 Å². The highest BCUT2D eigenvalue weighted by Gasteiger charge is 2.26. The van der Waals surface area contributed by atoms with Crippen LogP contribution in [0.25, 0.3) is 0 Å². The Morgan fingerprint density at radius 1 is 0.706 bits per heavy atom. The average molecular weight is 530 g/mol. The topological polar surface area (TPSA) is 125 Å². The van der Waals surface area contributed by atoms with E-state index in [0.29, 0.717) is 31.9 Å². The second kappa shape index (κ2) is 12.2. The fourth-order valence-corrected chi connectivity index (χ4v) is 7.22. The van der Waals surface area contributed by atoms with E-state index in [9.17, 15) is 16.8 Å². The van der Waals surface area contributed by atoms with Crippen LogP contribution in [-0.2, 0) is 31.6 Å². The van der Waals surface area contributed by atoms with Gasteiger partial charge in [0.15, 0.2) is 0 Å². The molecule has 0 spiro atoms. The molecule has 2 saturated heterocycles. The highest BCUT2D eigenvalue weighted by molar-refractivity contribution is 7.88. The zero-order valence-corrected chi connectivity index (χ0v) is 21.4. The number of benzene rings is 2. The van der Waals surface area contributed by atoms with Crippen LogP contribution >= 0.6 is 11.8 Å². The van der Waals surface area contributed by atoms with Gasteiger partial charge in [-0.2, -0.15) is 0 Å². The highest BCUT2D eigenvalue weighted by atomic mass is 35.5. The fraction of sp³-hybridized carbons (Fsp3) is 0.455. The largest absolute Gasteiger partial charge is 0.399 e. The van der Waals surface area contributed by atoms with E-state index in [0.717, 1.165) is 42.5 Å². The van der Waals surface area contributed by atoms with Crippen LogP contribution in [0.3, 0.4) is 0 Å². The van der Waals surface area contributed by atoms with Crippen LogP contribution in [0.5, 0.6) is 0 Å². The molecule has 0 atom stereocenters. The summed E-state index contributed by atoms with van der Waals surface area (Å²) in [6.45, 7) is 2.63. The molecule has 0 radical (unpaired) electrons. The summed E-state index contributed by atoms with van der Waals surface area (Å²) in [7, 11) is -6.30. The summed E-state index contributed by atoms with van der Waals surface area (Å²) in [4.78, 5) is 2.29. The van der Waals surface area contributed by atoms with Gasteiger partial charge in [0.1, 0.15) is 0 Å². The lowest BCUT2D eigenvalue weighted by atomic mass is 10.2. The van der Waals surface area contributed by atoms with Gasteiger partial charge >= 0.3 is 0 Å². The van der Waals surface area contributed by atoms with Crippen molar-refractivity contribution in [3.63, 3.8) is 0 Å². The molecule has 2 aromatic carbocycles. The van der Waals surface area contributed by atoms with Crippen molar-refractivity contribution in [2.45, 2.75) is 37.2 Å². The number of nitrogen functional groups attached to an aromatic ring is 1. The van der Waals surface area contributed by atoms with Crippen LogP contribution in [0.2, 0.25) is 0 Å². The van der Waals surface area contributed by atoms with E-state index in [1.54, 1.807) is 57.1 Å². The average Bonchev–Trinajstić information content (AvgIpc) is 3.52. The molecule has 2 fully saturated rings. The predicted octanol–water partition coefficient (Wildman–Crippen LogP) is 2.88. The Labute approximate surface area is 207 Å². The molecule has 0 unspecified atom stereocenters. The quantitative estimate of drug-likeness (QED) is 0.273. The Kier molecular flexibility index (Phi) is 9.57. The predicted molar refractivity (Wildman–Crippen MR) is 137 cm³/mol. The van der Waals surface area contributed by atoms with Gasteiger partial charge in [-0.3, -0.25) is 0 Å². The number of nitrogens with zero attached hydrogens (tertiary/aromatic N) is 2. The minimum Gasteiger partial charge on any atom is -0.399 e. The highest BCUT2D eigenvalue weighted by Crippen LogP contribution is 2.19. The summed E-state index contributed by atoms with van der Waals surface area (Å²) < 4.78 is 51.3. The maximum atomic E-state index is 12.1. The number of nitrogens with one attached hydrogen (secondary N) is 2. The summed E-state index contributed by atoms with van der Waals surface area (Å²) in [6.07, 6.45) is 3.87. The summed E-state index contributed by atoms with van der Waals surface area (Å²) in [5.41, 5.74) is 11.3. The third kappa shape index (κ3) is 7.82. The van der Waals surface area contributed by atoms with Crippen molar-refractivity contribution in [2.75, 3.05) is 37.3 Å². The number of anilines is 2. The first-order chi connectivity index (χ1) is 16.2. The van der Waals surface area contributed by atoms with E-state index >= 15 is 0 Å². The Balaban J connectivity index is 0.000000192. The number of sulfonamides is 2. The molecule has 2 aliphatic heterocycles. The van der Waals surface area contributed by atoms with E-state index in [2.05, 4.69) is 10.4 Å². The van der Waals surface area contributed by atoms with Gasteiger partial charge in [0, 0.05) is 37.6 Å².